The number of aromatic nitrogens is 6. The molecule has 0 aliphatic heterocycles. The van der Waals surface area contributed by atoms with Gasteiger partial charge in [-0.3, -0.25) is 9.59 Å². The Morgan fingerprint density at radius 3 is 1.63 bits per heavy atom. The summed E-state index contributed by atoms with van der Waals surface area (Å²) in [6.45, 7) is 0. The minimum atomic E-state index is -0.158. The van der Waals surface area contributed by atoms with Crippen molar-refractivity contribution in [3.8, 4) is 0 Å². The largest absolute Gasteiger partial charge is 0.325 e. The Bertz CT molecular complexity index is 1060. The highest BCUT2D eigenvalue weighted by Crippen LogP contribution is 2.30. The van der Waals surface area contributed by atoms with Crippen LogP contribution in [0.15, 0.2) is 58.8 Å². The van der Waals surface area contributed by atoms with Crippen LogP contribution in [0.2, 0.25) is 0 Å². The van der Waals surface area contributed by atoms with Gasteiger partial charge >= 0.3 is 0 Å². The third kappa shape index (κ3) is 4.96. The molecule has 4 rings (SSSR count). The van der Waals surface area contributed by atoms with Gasteiger partial charge in [-0.2, -0.15) is 20.6 Å². The van der Waals surface area contributed by atoms with E-state index < -0.39 is 0 Å². The Kier molecular flexibility index (Phi) is 6.25. The van der Waals surface area contributed by atoms with E-state index in [1.165, 1.54) is 23.5 Å². The molecule has 152 valence electrons. The number of carbonyl (C=O) groups excluding carboxylic acids is 2. The minimum Gasteiger partial charge on any atom is -0.325 e. The normalized spacial score (nSPS) is 10.8. The van der Waals surface area contributed by atoms with Crippen LogP contribution in [0.5, 0.6) is 0 Å². The first-order chi connectivity index (χ1) is 14.7. The molecule has 2 aromatic heterocycles. The van der Waals surface area contributed by atoms with Crippen molar-refractivity contribution in [1.82, 2.24) is 30.8 Å². The van der Waals surface area contributed by atoms with Gasteiger partial charge in [-0.05, 0) is 12.1 Å². The molecular formula is C18H16N8O2S2. The van der Waals surface area contributed by atoms with Gasteiger partial charge < -0.3 is 10.6 Å². The van der Waals surface area contributed by atoms with Crippen molar-refractivity contribution in [3.63, 3.8) is 0 Å². The van der Waals surface area contributed by atoms with Gasteiger partial charge in [0.15, 0.2) is 0 Å². The fourth-order valence-corrected chi connectivity index (χ4v) is 3.87. The van der Waals surface area contributed by atoms with Crippen molar-refractivity contribution >= 4 is 57.5 Å². The Morgan fingerprint density at radius 2 is 1.23 bits per heavy atom. The van der Waals surface area contributed by atoms with Gasteiger partial charge in [-0.15, -0.1) is 10.2 Å². The van der Waals surface area contributed by atoms with E-state index in [1.807, 2.05) is 36.4 Å². The highest BCUT2D eigenvalue weighted by Gasteiger charge is 2.11. The lowest BCUT2D eigenvalue weighted by Gasteiger charge is -2.12. The predicted octanol–water partition coefficient (Wildman–Crippen LogP) is 2.54. The van der Waals surface area contributed by atoms with Gasteiger partial charge in [0.1, 0.15) is 10.1 Å². The number of thioether (sulfide) groups is 2. The second kappa shape index (κ2) is 9.41. The maximum absolute atomic E-state index is 12.3. The van der Waals surface area contributed by atoms with Crippen molar-refractivity contribution in [3.05, 3.63) is 48.8 Å². The van der Waals surface area contributed by atoms with E-state index in [9.17, 15) is 9.59 Å². The van der Waals surface area contributed by atoms with Gasteiger partial charge in [-0.1, -0.05) is 47.8 Å². The standard InChI is InChI=1S/C18H16N8O2S2/c27-15(9-29-17-7-19-25-23-17)21-13-5-1-3-11-12(13)4-2-6-14(11)22-16(28)10-30-18-8-20-26-24-18/h1-8H,9-10H2,(H,21,27)(H,22,28)(H,19,23,25)(H,20,24,26). The Balaban J connectivity index is 1.44. The first kappa shape index (κ1) is 19.9. The van der Waals surface area contributed by atoms with Gasteiger partial charge in [-0.25, -0.2) is 0 Å². The summed E-state index contributed by atoms with van der Waals surface area (Å²) in [5.74, 6) is 0.0972. The number of benzene rings is 2. The maximum Gasteiger partial charge on any atom is 0.234 e. The van der Waals surface area contributed by atoms with E-state index >= 15 is 0 Å². The second-order valence-corrected chi connectivity index (χ2v) is 7.99. The Hall–Kier alpha value is -3.38. The predicted molar refractivity (Wildman–Crippen MR) is 115 cm³/mol. The number of carbonyl (C=O) groups is 2. The lowest BCUT2D eigenvalue weighted by molar-refractivity contribution is -0.114. The second-order valence-electron chi connectivity index (χ2n) is 6.00. The third-order valence-corrected chi connectivity index (χ3v) is 5.76. The number of anilines is 2. The lowest BCUT2D eigenvalue weighted by Crippen LogP contribution is -2.15. The van der Waals surface area contributed by atoms with Crippen LogP contribution >= 0.6 is 23.5 Å². The van der Waals surface area contributed by atoms with E-state index in [2.05, 4.69) is 41.5 Å². The smallest absolute Gasteiger partial charge is 0.234 e. The summed E-state index contributed by atoms with van der Waals surface area (Å²) >= 11 is 2.58. The molecule has 0 fully saturated rings. The quantitative estimate of drug-likeness (QED) is 0.306. The zero-order valence-electron chi connectivity index (χ0n) is 15.5. The molecule has 10 nitrogen and oxygen atoms in total. The van der Waals surface area contributed by atoms with Gasteiger partial charge in [0.05, 0.1) is 23.9 Å². The summed E-state index contributed by atoms with van der Waals surface area (Å²) < 4.78 is 0. The van der Waals surface area contributed by atoms with Crippen LogP contribution in [-0.2, 0) is 9.59 Å². The van der Waals surface area contributed by atoms with Crippen molar-refractivity contribution in [2.45, 2.75) is 10.1 Å². The summed E-state index contributed by atoms with van der Waals surface area (Å²) in [6.07, 6.45) is 3.12. The Labute approximate surface area is 179 Å². The average molecular weight is 441 g/mol. The molecule has 0 atom stereocenters. The fourth-order valence-electron chi connectivity index (χ4n) is 2.70. The zero-order valence-corrected chi connectivity index (χ0v) is 17.1. The number of amides is 2. The summed E-state index contributed by atoms with van der Waals surface area (Å²) in [5, 5.41) is 29.1. The molecule has 0 bridgehead atoms. The number of hydrogen-bond donors (Lipinski definition) is 4. The van der Waals surface area contributed by atoms with Crippen LogP contribution in [0.4, 0.5) is 11.4 Å². The molecule has 0 saturated heterocycles. The van der Waals surface area contributed by atoms with Crippen molar-refractivity contribution in [1.29, 1.82) is 0 Å². The lowest BCUT2D eigenvalue weighted by atomic mass is 10.1. The van der Waals surface area contributed by atoms with Crippen LogP contribution < -0.4 is 10.6 Å². The summed E-state index contributed by atoms with van der Waals surface area (Å²) in [7, 11) is 0. The molecule has 4 N–H and O–H groups in total. The monoisotopic (exact) mass is 440 g/mol. The van der Waals surface area contributed by atoms with E-state index in [-0.39, 0.29) is 23.3 Å². The van der Waals surface area contributed by atoms with E-state index in [1.54, 1.807) is 12.4 Å². The number of fused-ring (bicyclic) bond motifs is 1. The molecule has 2 aromatic carbocycles. The van der Waals surface area contributed by atoms with Crippen molar-refractivity contribution < 1.29 is 9.59 Å². The number of nitrogens with zero attached hydrogens (tertiary/aromatic N) is 4. The SMILES string of the molecule is O=C(CSc1cn[nH]n1)Nc1cccc2c(NC(=O)CSc3cn[nH]n3)cccc12. The highest BCUT2D eigenvalue weighted by molar-refractivity contribution is 8.00. The van der Waals surface area contributed by atoms with Crippen LogP contribution in [0.1, 0.15) is 0 Å². The molecule has 0 aliphatic carbocycles. The average Bonchev–Trinajstić information content (AvgIpc) is 3.46. The van der Waals surface area contributed by atoms with Crippen molar-refractivity contribution in [2.75, 3.05) is 22.1 Å². The number of rotatable bonds is 8. The van der Waals surface area contributed by atoms with E-state index in [4.69, 9.17) is 0 Å². The fraction of sp³-hybridized carbons (Fsp3) is 0.111. The van der Waals surface area contributed by atoms with Gasteiger partial charge in [0, 0.05) is 22.1 Å². The number of nitrogens with one attached hydrogen (secondary N) is 4. The molecule has 2 heterocycles. The molecule has 30 heavy (non-hydrogen) atoms. The molecule has 0 saturated carbocycles. The summed E-state index contributed by atoms with van der Waals surface area (Å²) in [4.78, 5) is 24.7. The molecule has 0 unspecified atom stereocenters. The number of hydrogen-bond acceptors (Lipinski definition) is 8. The van der Waals surface area contributed by atoms with Gasteiger partial charge in [0.2, 0.25) is 11.8 Å². The first-order valence-electron chi connectivity index (χ1n) is 8.77. The van der Waals surface area contributed by atoms with Crippen LogP contribution in [0.3, 0.4) is 0 Å². The highest BCUT2D eigenvalue weighted by atomic mass is 32.2. The number of H-pyrrole nitrogens is 2. The van der Waals surface area contributed by atoms with Crippen LogP contribution in [-0.4, -0.2) is 54.1 Å². The van der Waals surface area contributed by atoms with E-state index in [0.29, 0.717) is 21.4 Å². The molecule has 2 amide bonds. The zero-order chi connectivity index (χ0) is 20.8. The van der Waals surface area contributed by atoms with Crippen LogP contribution in [0, 0.1) is 0 Å². The molecule has 4 aromatic rings. The molecule has 12 heteroatoms. The summed E-state index contributed by atoms with van der Waals surface area (Å²) in [5.41, 5.74) is 1.35. The topological polar surface area (TPSA) is 141 Å². The Morgan fingerprint density at radius 1 is 0.767 bits per heavy atom. The van der Waals surface area contributed by atoms with Crippen molar-refractivity contribution in [2.24, 2.45) is 0 Å². The maximum atomic E-state index is 12.3. The molecular weight excluding hydrogens is 424 g/mol. The van der Waals surface area contributed by atoms with Crippen LogP contribution in [0.25, 0.3) is 10.8 Å². The third-order valence-electron chi connectivity index (χ3n) is 3.96. The first-order valence-corrected chi connectivity index (χ1v) is 10.7. The molecule has 0 aliphatic rings. The minimum absolute atomic E-state index is 0.158. The number of aromatic amines is 2. The van der Waals surface area contributed by atoms with E-state index in [0.717, 1.165) is 10.8 Å². The molecule has 0 spiro atoms. The summed E-state index contributed by atoms with van der Waals surface area (Å²) in [6, 6.07) is 11.1. The van der Waals surface area contributed by atoms with Gasteiger partial charge in [0.25, 0.3) is 0 Å². The molecule has 0 radical (unpaired) electrons.